The number of fused-ring (bicyclic) bond motifs is 1. The van der Waals surface area contributed by atoms with E-state index in [1.54, 1.807) is 35.4 Å². The van der Waals surface area contributed by atoms with Gasteiger partial charge in [0.1, 0.15) is 12.1 Å². The van der Waals surface area contributed by atoms with Gasteiger partial charge in [0.05, 0.1) is 11.1 Å². The number of imidazole rings is 1. The molecule has 129 valence electrons. The maximum atomic E-state index is 11.3. The fourth-order valence-corrected chi connectivity index (χ4v) is 2.66. The maximum absolute atomic E-state index is 11.3. The molecule has 7 nitrogen and oxygen atoms in total. The summed E-state index contributed by atoms with van der Waals surface area (Å²) in [7, 11) is 0. The van der Waals surface area contributed by atoms with Crippen LogP contribution < -0.4 is 5.32 Å². The first-order chi connectivity index (χ1) is 12.7. The Kier molecular flexibility index (Phi) is 5.85. The van der Waals surface area contributed by atoms with E-state index in [0.29, 0.717) is 29.2 Å². The summed E-state index contributed by atoms with van der Waals surface area (Å²) in [6.45, 7) is 0.563. The third-order valence-corrected chi connectivity index (χ3v) is 3.97. The molecule has 0 unspecified atom stereocenters. The Balaban J connectivity index is 0.00000210. The number of hydrogen-bond acceptors (Lipinski definition) is 5. The Morgan fingerprint density at radius 3 is 2.63 bits per heavy atom. The number of carboxylic acid groups (broad SMARTS) is 1. The fraction of sp³-hybridized carbons (Fsp3) is 0.0526. The van der Waals surface area contributed by atoms with Gasteiger partial charge in [0, 0.05) is 53.9 Å². The number of anilines is 1. The molecule has 0 saturated heterocycles. The Morgan fingerprint density at radius 1 is 1.11 bits per heavy atom. The van der Waals surface area contributed by atoms with Gasteiger partial charge in [-0.15, -0.1) is 0 Å². The van der Waals surface area contributed by atoms with Crippen molar-refractivity contribution in [3.05, 3.63) is 78.4 Å². The molecule has 0 saturated carbocycles. The van der Waals surface area contributed by atoms with Gasteiger partial charge in [-0.3, -0.25) is 4.57 Å². The topological polar surface area (TPSA) is 92.9 Å². The van der Waals surface area contributed by atoms with Crippen LogP contribution >= 0.6 is 0 Å². The predicted molar refractivity (Wildman–Crippen MR) is 103 cm³/mol. The van der Waals surface area contributed by atoms with Crippen molar-refractivity contribution in [1.29, 1.82) is 0 Å². The zero-order chi connectivity index (χ0) is 17.9. The second kappa shape index (κ2) is 8.30. The summed E-state index contributed by atoms with van der Waals surface area (Å²) in [5, 5.41) is 13.2. The molecule has 0 atom stereocenters. The summed E-state index contributed by atoms with van der Waals surface area (Å²) in [6, 6.07) is 14.7. The molecule has 0 aliphatic carbocycles. The van der Waals surface area contributed by atoms with E-state index in [1.807, 2.05) is 30.3 Å². The molecule has 4 rings (SSSR count). The molecule has 2 aromatic carbocycles. The van der Waals surface area contributed by atoms with Crippen LogP contribution in [-0.4, -0.2) is 60.2 Å². The van der Waals surface area contributed by atoms with Crippen molar-refractivity contribution in [1.82, 2.24) is 19.5 Å². The van der Waals surface area contributed by atoms with Gasteiger partial charge in [-0.05, 0) is 23.8 Å². The van der Waals surface area contributed by atoms with Crippen molar-refractivity contribution in [2.75, 3.05) is 5.32 Å². The second-order valence-electron chi connectivity index (χ2n) is 5.72. The number of hydrogen-bond donors (Lipinski definition) is 2. The van der Waals surface area contributed by atoms with Gasteiger partial charge in [-0.1, -0.05) is 30.3 Å². The first-order valence-corrected chi connectivity index (χ1v) is 8.02. The molecule has 2 aromatic heterocycles. The standard InChI is InChI=1S/C19H15N5O2.Na/c25-18(26)14-6-7-16-15(10-14)17(21-11-13-4-2-1-3-5-13)23-19(22-16)24-9-8-20-12-24;/h1-10,12H,11H2,(H,25,26)(H,21,22,23);. The average molecular weight is 368 g/mol. The summed E-state index contributed by atoms with van der Waals surface area (Å²) in [5.74, 6) is 0.0545. The van der Waals surface area contributed by atoms with Gasteiger partial charge in [-0.25, -0.2) is 14.8 Å². The zero-order valence-corrected chi connectivity index (χ0v) is 16.7. The van der Waals surface area contributed by atoms with E-state index in [9.17, 15) is 9.90 Å². The van der Waals surface area contributed by atoms with Crippen LogP contribution in [0.5, 0.6) is 0 Å². The van der Waals surface area contributed by atoms with Crippen LogP contribution in [0.4, 0.5) is 5.82 Å². The largest absolute Gasteiger partial charge is 0.478 e. The molecule has 0 aliphatic heterocycles. The normalized spacial score (nSPS) is 10.4. The molecule has 4 aromatic rings. The molecule has 2 N–H and O–H groups in total. The monoisotopic (exact) mass is 368 g/mol. The Bertz CT molecular complexity index is 1070. The van der Waals surface area contributed by atoms with Crippen molar-refractivity contribution in [2.45, 2.75) is 6.54 Å². The maximum Gasteiger partial charge on any atom is 0.335 e. The number of carboxylic acids is 1. The molecule has 0 bridgehead atoms. The van der Waals surface area contributed by atoms with Crippen molar-refractivity contribution in [2.24, 2.45) is 0 Å². The number of benzene rings is 2. The van der Waals surface area contributed by atoms with Crippen LogP contribution in [-0.2, 0) is 6.54 Å². The summed E-state index contributed by atoms with van der Waals surface area (Å²) < 4.78 is 1.71. The smallest absolute Gasteiger partial charge is 0.335 e. The van der Waals surface area contributed by atoms with Crippen molar-refractivity contribution in [3.63, 3.8) is 0 Å². The van der Waals surface area contributed by atoms with Crippen molar-refractivity contribution >= 4 is 52.2 Å². The van der Waals surface area contributed by atoms with Crippen LogP contribution in [0, 0.1) is 0 Å². The number of rotatable bonds is 5. The van der Waals surface area contributed by atoms with Crippen molar-refractivity contribution in [3.8, 4) is 5.95 Å². The van der Waals surface area contributed by atoms with Gasteiger partial charge in [0.15, 0.2) is 0 Å². The molecule has 8 heteroatoms. The molecular weight excluding hydrogens is 353 g/mol. The van der Waals surface area contributed by atoms with E-state index in [-0.39, 0.29) is 35.1 Å². The Labute approximate surface area is 177 Å². The third kappa shape index (κ3) is 4.16. The second-order valence-corrected chi connectivity index (χ2v) is 5.72. The third-order valence-electron chi connectivity index (χ3n) is 3.97. The first-order valence-electron chi connectivity index (χ1n) is 8.02. The quantitative estimate of drug-likeness (QED) is 0.526. The molecule has 0 amide bonds. The van der Waals surface area contributed by atoms with Crippen molar-refractivity contribution < 1.29 is 9.90 Å². The minimum atomic E-state index is -0.986. The Hall–Kier alpha value is -2.74. The summed E-state index contributed by atoms with van der Waals surface area (Å²) in [5.41, 5.74) is 1.95. The number of nitrogens with one attached hydrogen (secondary N) is 1. The molecule has 0 aliphatic rings. The van der Waals surface area contributed by atoms with E-state index in [2.05, 4.69) is 20.3 Å². The van der Waals surface area contributed by atoms with E-state index in [0.717, 1.165) is 5.56 Å². The van der Waals surface area contributed by atoms with Gasteiger partial charge >= 0.3 is 5.97 Å². The predicted octanol–water partition coefficient (Wildman–Crippen LogP) is 2.75. The van der Waals surface area contributed by atoms with Crippen LogP contribution in [0.1, 0.15) is 15.9 Å². The molecule has 1 radical (unpaired) electrons. The molecule has 27 heavy (non-hydrogen) atoms. The number of aromatic nitrogens is 4. The molecule has 0 fully saturated rings. The average Bonchev–Trinajstić information content (AvgIpc) is 3.21. The van der Waals surface area contributed by atoms with Gasteiger partial charge in [0.2, 0.25) is 5.95 Å². The van der Waals surface area contributed by atoms with Gasteiger partial charge < -0.3 is 10.4 Å². The molecule has 2 heterocycles. The van der Waals surface area contributed by atoms with E-state index in [1.165, 1.54) is 6.07 Å². The molecular formula is C19H15N5NaO2. The SMILES string of the molecule is O=C(O)c1ccc2nc(-n3ccnc3)nc(NCc3ccccc3)c2c1.[Na]. The zero-order valence-electron chi connectivity index (χ0n) is 14.7. The van der Waals surface area contributed by atoms with Crippen LogP contribution in [0.2, 0.25) is 0 Å². The fourth-order valence-electron chi connectivity index (χ4n) is 2.66. The number of carbonyl (C=O) groups is 1. The summed E-state index contributed by atoms with van der Waals surface area (Å²) in [4.78, 5) is 24.4. The minimum absolute atomic E-state index is 0. The van der Waals surface area contributed by atoms with Crippen LogP contribution in [0.15, 0.2) is 67.3 Å². The minimum Gasteiger partial charge on any atom is -0.478 e. The summed E-state index contributed by atoms with van der Waals surface area (Å²) in [6.07, 6.45) is 5.03. The number of nitrogens with zero attached hydrogens (tertiary/aromatic N) is 4. The summed E-state index contributed by atoms with van der Waals surface area (Å²) >= 11 is 0. The Morgan fingerprint density at radius 2 is 1.93 bits per heavy atom. The van der Waals surface area contributed by atoms with Crippen LogP contribution in [0.3, 0.4) is 0 Å². The first kappa shape index (κ1) is 19.0. The van der Waals surface area contributed by atoms with Gasteiger partial charge in [0.25, 0.3) is 0 Å². The van der Waals surface area contributed by atoms with E-state index < -0.39 is 5.97 Å². The van der Waals surface area contributed by atoms with Gasteiger partial charge in [-0.2, -0.15) is 4.98 Å². The van der Waals surface area contributed by atoms with E-state index in [4.69, 9.17) is 0 Å². The number of aromatic carboxylic acids is 1. The van der Waals surface area contributed by atoms with Crippen LogP contribution in [0.25, 0.3) is 16.9 Å². The van der Waals surface area contributed by atoms with E-state index >= 15 is 0 Å². The molecule has 0 spiro atoms.